The van der Waals surface area contributed by atoms with Gasteiger partial charge in [-0.05, 0) is 104 Å². The van der Waals surface area contributed by atoms with Crippen molar-refractivity contribution in [2.45, 2.75) is 0 Å². The van der Waals surface area contributed by atoms with Crippen molar-refractivity contribution in [3.8, 4) is 78.3 Å². The zero-order valence-electron chi connectivity index (χ0n) is 37.1. The summed E-state index contributed by atoms with van der Waals surface area (Å²) in [7, 11) is 0. The minimum absolute atomic E-state index is 0.649. The summed E-state index contributed by atoms with van der Waals surface area (Å²) in [6.07, 6.45) is 0. The van der Waals surface area contributed by atoms with Crippen molar-refractivity contribution in [2.75, 3.05) is 0 Å². The van der Waals surface area contributed by atoms with Crippen LogP contribution in [0.15, 0.2) is 235 Å². The highest BCUT2D eigenvalue weighted by molar-refractivity contribution is 7.26. The predicted molar refractivity (Wildman–Crippen MR) is 293 cm³/mol. The average Bonchev–Trinajstić information content (AvgIpc) is 4.12. The van der Waals surface area contributed by atoms with Crippen LogP contribution in [0.3, 0.4) is 0 Å². The number of benzene rings is 10. The van der Waals surface area contributed by atoms with E-state index in [0.29, 0.717) is 11.4 Å². The highest BCUT2D eigenvalue weighted by atomic mass is 32.1. The molecule has 0 aliphatic carbocycles. The summed E-state index contributed by atoms with van der Waals surface area (Å²) >= 11 is 3.73. The van der Waals surface area contributed by atoms with E-state index in [9.17, 15) is 0 Å². The fourth-order valence-electron chi connectivity index (χ4n) is 10.1. The van der Waals surface area contributed by atoms with E-state index in [4.69, 9.17) is 14.4 Å². The Balaban J connectivity index is 0.847. The number of rotatable bonds is 7. The molecular formula is C64H38N2OS2. The molecule has 0 aliphatic rings. The maximum absolute atomic E-state index is 6.69. The average molecular weight is 915 g/mol. The van der Waals surface area contributed by atoms with Gasteiger partial charge < -0.3 is 4.42 Å². The predicted octanol–water partition coefficient (Wildman–Crippen LogP) is 18.8. The van der Waals surface area contributed by atoms with Gasteiger partial charge in [0.1, 0.15) is 16.8 Å². The van der Waals surface area contributed by atoms with E-state index >= 15 is 0 Å². The van der Waals surface area contributed by atoms with Crippen LogP contribution in [-0.2, 0) is 0 Å². The Labute approximate surface area is 405 Å². The lowest BCUT2D eigenvalue weighted by Crippen LogP contribution is -1.94. The zero-order chi connectivity index (χ0) is 45.4. The van der Waals surface area contributed by atoms with Crippen LogP contribution in [-0.4, -0.2) is 9.97 Å². The number of furan rings is 1. The van der Waals surface area contributed by atoms with Crippen molar-refractivity contribution in [2.24, 2.45) is 0 Å². The van der Waals surface area contributed by atoms with Crippen molar-refractivity contribution >= 4 is 85.1 Å². The molecule has 4 aromatic heterocycles. The molecule has 0 fully saturated rings. The van der Waals surface area contributed by atoms with Crippen molar-refractivity contribution in [3.63, 3.8) is 0 Å². The molecule has 10 aromatic carbocycles. The smallest absolute Gasteiger partial charge is 0.180 e. The molecular weight excluding hydrogens is 877 g/mol. The molecule has 4 heterocycles. The van der Waals surface area contributed by atoms with Gasteiger partial charge in [0.25, 0.3) is 0 Å². The van der Waals surface area contributed by atoms with Crippen molar-refractivity contribution < 1.29 is 4.42 Å². The molecule has 322 valence electrons. The van der Waals surface area contributed by atoms with Gasteiger partial charge in [-0.1, -0.05) is 182 Å². The van der Waals surface area contributed by atoms with E-state index in [0.717, 1.165) is 61.1 Å². The number of hydrogen-bond acceptors (Lipinski definition) is 5. The molecule has 0 saturated heterocycles. The van der Waals surface area contributed by atoms with Gasteiger partial charge in [0.2, 0.25) is 0 Å². The van der Waals surface area contributed by atoms with E-state index in [1.807, 2.05) is 40.9 Å². The van der Waals surface area contributed by atoms with Crippen LogP contribution in [0.1, 0.15) is 0 Å². The highest BCUT2D eigenvalue weighted by Crippen LogP contribution is 2.44. The van der Waals surface area contributed by atoms with Crippen LogP contribution in [0.2, 0.25) is 0 Å². The Hall–Kier alpha value is -8.48. The molecule has 0 spiro atoms. The first-order valence-electron chi connectivity index (χ1n) is 23.2. The molecule has 0 amide bonds. The molecule has 69 heavy (non-hydrogen) atoms. The largest absolute Gasteiger partial charge is 0.452 e. The summed E-state index contributed by atoms with van der Waals surface area (Å²) in [6.45, 7) is 0. The second-order valence-electron chi connectivity index (χ2n) is 17.6. The van der Waals surface area contributed by atoms with Crippen LogP contribution in [0.5, 0.6) is 0 Å². The number of fused-ring (bicyclic) bond motifs is 9. The third-order valence-electron chi connectivity index (χ3n) is 13.5. The Kier molecular flexibility index (Phi) is 9.26. The van der Waals surface area contributed by atoms with Gasteiger partial charge in [-0.15, -0.1) is 22.7 Å². The molecule has 14 aromatic rings. The van der Waals surface area contributed by atoms with Crippen LogP contribution in [0.4, 0.5) is 0 Å². The first-order chi connectivity index (χ1) is 34.2. The Morgan fingerprint density at radius 3 is 1.32 bits per heavy atom. The van der Waals surface area contributed by atoms with E-state index in [-0.39, 0.29) is 0 Å². The molecule has 0 N–H and O–H groups in total. The van der Waals surface area contributed by atoms with Crippen LogP contribution in [0.25, 0.3) is 141 Å². The molecule has 0 aliphatic heterocycles. The number of nitrogens with zero attached hydrogens (tertiary/aromatic N) is 2. The number of aromatic nitrogens is 2. The fraction of sp³-hybridized carbons (Fsp3) is 0. The van der Waals surface area contributed by atoms with E-state index in [2.05, 4.69) is 212 Å². The molecule has 0 unspecified atom stereocenters. The summed E-state index contributed by atoms with van der Waals surface area (Å²) in [4.78, 5) is 10.6. The Morgan fingerprint density at radius 1 is 0.304 bits per heavy atom. The molecule has 3 nitrogen and oxygen atoms in total. The van der Waals surface area contributed by atoms with Crippen molar-refractivity contribution in [1.82, 2.24) is 9.97 Å². The van der Waals surface area contributed by atoms with Gasteiger partial charge >= 0.3 is 0 Å². The number of hydrogen-bond donors (Lipinski definition) is 0. The Bertz CT molecular complexity index is 4330. The quantitative estimate of drug-likeness (QED) is 0.160. The summed E-state index contributed by atoms with van der Waals surface area (Å²) in [6, 6.07) is 82.8. The maximum atomic E-state index is 6.69. The molecule has 0 radical (unpaired) electrons. The molecule has 0 saturated carbocycles. The maximum Gasteiger partial charge on any atom is 0.180 e. The standard InChI is InChI=1S/C64H38N2OS2/c1-2-14-39(15-3-1)59-61-60(66-64(65-59)48-23-11-20-44(37-48)43-19-10-22-47(36-43)50-27-13-29-54-52-25-5-7-31-58(52)69-63(50)54)55-38-45(32-33-56(55)67-61)41-17-8-16-40(34-41)42-18-9-21-46(35-42)49-26-12-28-53-51-24-4-6-30-57(51)68-62(49)53/h1-38H. The van der Waals surface area contributed by atoms with Crippen LogP contribution < -0.4 is 0 Å². The first-order valence-corrected chi connectivity index (χ1v) is 24.8. The van der Waals surface area contributed by atoms with Crippen LogP contribution >= 0.6 is 22.7 Å². The topological polar surface area (TPSA) is 38.9 Å². The second kappa shape index (κ2) is 16.1. The summed E-state index contributed by atoms with van der Waals surface area (Å²) in [5.41, 5.74) is 16.6. The van der Waals surface area contributed by atoms with E-state index < -0.39 is 0 Å². The van der Waals surface area contributed by atoms with E-state index in [1.54, 1.807) is 0 Å². The van der Waals surface area contributed by atoms with Gasteiger partial charge in [-0.25, -0.2) is 9.97 Å². The van der Waals surface area contributed by atoms with Crippen LogP contribution in [0, 0.1) is 0 Å². The van der Waals surface area contributed by atoms with Crippen molar-refractivity contribution in [1.29, 1.82) is 0 Å². The molecule has 0 atom stereocenters. The third kappa shape index (κ3) is 6.77. The highest BCUT2D eigenvalue weighted by Gasteiger charge is 2.20. The molecule has 14 rings (SSSR count). The fourth-order valence-corrected chi connectivity index (χ4v) is 12.6. The molecule has 5 heteroatoms. The van der Waals surface area contributed by atoms with Gasteiger partial charge in [0.05, 0.1) is 0 Å². The SMILES string of the molecule is c1ccc(-c2nc(-c3cccc(-c4cccc(-c5cccc6c5sc5ccccc56)c4)c3)nc3c2oc2ccc(-c4cccc(-c5cccc(-c6cccc7c6sc6ccccc67)c5)c4)cc23)cc1. The first kappa shape index (κ1) is 39.7. The lowest BCUT2D eigenvalue weighted by Gasteiger charge is -2.10. The Morgan fingerprint density at radius 2 is 0.739 bits per heavy atom. The summed E-state index contributed by atoms with van der Waals surface area (Å²) in [5, 5.41) is 6.18. The minimum atomic E-state index is 0.649. The second-order valence-corrected chi connectivity index (χ2v) is 19.7. The molecule has 0 bridgehead atoms. The summed E-state index contributed by atoms with van der Waals surface area (Å²) < 4.78 is 11.9. The van der Waals surface area contributed by atoms with Gasteiger partial charge in [-0.3, -0.25) is 0 Å². The monoisotopic (exact) mass is 914 g/mol. The third-order valence-corrected chi connectivity index (χ3v) is 15.9. The summed E-state index contributed by atoms with van der Waals surface area (Å²) in [5.74, 6) is 0.649. The number of thiophene rings is 2. The van der Waals surface area contributed by atoms with Gasteiger partial charge in [-0.2, -0.15) is 0 Å². The lowest BCUT2D eigenvalue weighted by molar-refractivity contribution is 0.667. The van der Waals surface area contributed by atoms with Gasteiger partial charge in [0, 0.05) is 56.9 Å². The lowest BCUT2D eigenvalue weighted by atomic mass is 9.95. The van der Waals surface area contributed by atoms with Gasteiger partial charge in [0.15, 0.2) is 11.4 Å². The van der Waals surface area contributed by atoms with E-state index in [1.165, 1.54) is 68.2 Å². The normalized spacial score (nSPS) is 11.8. The van der Waals surface area contributed by atoms with Crippen molar-refractivity contribution in [3.05, 3.63) is 231 Å². The minimum Gasteiger partial charge on any atom is -0.452 e. The zero-order valence-corrected chi connectivity index (χ0v) is 38.7.